The van der Waals surface area contributed by atoms with E-state index in [9.17, 15) is 13.2 Å². The van der Waals surface area contributed by atoms with Crippen LogP contribution in [0, 0.1) is 6.92 Å². The highest BCUT2D eigenvalue weighted by atomic mass is 32.2. The second-order valence-corrected chi connectivity index (χ2v) is 8.16. The maximum Gasteiger partial charge on any atom is 0.261 e. The maximum absolute atomic E-state index is 12.6. The van der Waals surface area contributed by atoms with E-state index in [1.165, 1.54) is 12.1 Å². The minimum absolute atomic E-state index is 0.110. The Balaban J connectivity index is 2.01. The molecule has 29 heavy (non-hydrogen) atoms. The molecule has 0 saturated carbocycles. The van der Waals surface area contributed by atoms with Gasteiger partial charge >= 0.3 is 0 Å². The number of hydrogen-bond acceptors (Lipinski definition) is 5. The second-order valence-electron chi connectivity index (χ2n) is 6.48. The minimum Gasteiger partial charge on any atom is -0.494 e. The molecular weight excluding hydrogens is 392 g/mol. The van der Waals surface area contributed by atoms with Crippen molar-refractivity contribution >= 4 is 21.6 Å². The Kier molecular flexibility index (Phi) is 8.33. The number of aryl methyl sites for hydroxylation is 1. The molecule has 0 heterocycles. The molecule has 0 atom stereocenters. The van der Waals surface area contributed by atoms with Gasteiger partial charge in [0.05, 0.1) is 11.5 Å². The van der Waals surface area contributed by atoms with E-state index in [4.69, 9.17) is 9.47 Å². The summed E-state index contributed by atoms with van der Waals surface area (Å²) in [6.07, 6.45) is 1.92. The van der Waals surface area contributed by atoms with E-state index < -0.39 is 10.0 Å². The largest absolute Gasteiger partial charge is 0.494 e. The van der Waals surface area contributed by atoms with E-state index in [1.807, 2.05) is 13.8 Å². The quantitative estimate of drug-likeness (QED) is 0.543. The molecule has 0 radical (unpaired) electrons. The molecule has 7 nitrogen and oxygen atoms in total. The van der Waals surface area contributed by atoms with Crippen LogP contribution in [0.5, 0.6) is 11.5 Å². The number of rotatable bonds is 11. The van der Waals surface area contributed by atoms with Gasteiger partial charge < -0.3 is 14.8 Å². The minimum atomic E-state index is -3.75. The molecule has 0 spiro atoms. The predicted molar refractivity (Wildman–Crippen MR) is 113 cm³/mol. The summed E-state index contributed by atoms with van der Waals surface area (Å²) < 4.78 is 38.7. The van der Waals surface area contributed by atoms with Crippen LogP contribution >= 0.6 is 0 Å². The molecule has 0 aliphatic heterocycles. The van der Waals surface area contributed by atoms with Crippen molar-refractivity contribution in [3.8, 4) is 11.5 Å². The van der Waals surface area contributed by atoms with Crippen LogP contribution in [0.4, 0.5) is 5.69 Å². The van der Waals surface area contributed by atoms with Gasteiger partial charge in [0.15, 0.2) is 6.61 Å². The lowest BCUT2D eigenvalue weighted by molar-refractivity contribution is -0.123. The summed E-state index contributed by atoms with van der Waals surface area (Å²) in [5, 5.41) is 2.77. The SMILES string of the molecule is CCCCNC(=O)COc1ccc(S(=O)(=O)Nc2ccc(OCC)cc2)cc1C. The first-order chi connectivity index (χ1) is 13.9. The number of carbonyl (C=O) groups is 1. The zero-order chi connectivity index (χ0) is 21.3. The molecule has 0 unspecified atom stereocenters. The molecule has 0 aliphatic rings. The number of amides is 1. The van der Waals surface area contributed by atoms with Crippen molar-refractivity contribution in [2.75, 3.05) is 24.5 Å². The van der Waals surface area contributed by atoms with Gasteiger partial charge in [0.25, 0.3) is 15.9 Å². The summed E-state index contributed by atoms with van der Waals surface area (Å²) in [4.78, 5) is 11.9. The molecule has 0 aromatic heterocycles. The topological polar surface area (TPSA) is 93.7 Å². The number of hydrogen-bond donors (Lipinski definition) is 2. The van der Waals surface area contributed by atoms with Crippen molar-refractivity contribution in [3.05, 3.63) is 48.0 Å². The lowest BCUT2D eigenvalue weighted by Crippen LogP contribution is -2.29. The molecule has 2 N–H and O–H groups in total. The summed E-state index contributed by atoms with van der Waals surface area (Å²) >= 11 is 0. The molecule has 0 aliphatic carbocycles. The molecule has 2 aromatic rings. The van der Waals surface area contributed by atoms with Crippen LogP contribution in [0.1, 0.15) is 32.3 Å². The first kappa shape index (κ1) is 22.5. The summed E-state index contributed by atoms with van der Waals surface area (Å²) in [6.45, 7) is 6.71. The Hall–Kier alpha value is -2.74. The summed E-state index contributed by atoms with van der Waals surface area (Å²) in [5.41, 5.74) is 1.07. The molecule has 0 saturated heterocycles. The van der Waals surface area contributed by atoms with Crippen molar-refractivity contribution in [3.63, 3.8) is 0 Å². The molecule has 1 amide bonds. The van der Waals surface area contributed by atoms with Crippen LogP contribution in [0.3, 0.4) is 0 Å². The summed E-state index contributed by atoms with van der Waals surface area (Å²) in [5.74, 6) is 0.939. The first-order valence-corrected chi connectivity index (χ1v) is 11.1. The maximum atomic E-state index is 12.6. The molecular formula is C21H28N2O5S. The van der Waals surface area contributed by atoms with Crippen molar-refractivity contribution in [2.45, 2.75) is 38.5 Å². The fraction of sp³-hybridized carbons (Fsp3) is 0.381. The number of ether oxygens (including phenoxy) is 2. The highest BCUT2D eigenvalue weighted by molar-refractivity contribution is 7.92. The average molecular weight is 421 g/mol. The van der Waals surface area contributed by atoms with Crippen LogP contribution in [-0.2, 0) is 14.8 Å². The predicted octanol–water partition coefficient (Wildman–Crippen LogP) is 3.49. The van der Waals surface area contributed by atoms with Crippen molar-refractivity contribution in [1.82, 2.24) is 5.32 Å². The number of sulfonamides is 1. The Morgan fingerprint density at radius 3 is 2.38 bits per heavy atom. The van der Waals surface area contributed by atoms with Crippen molar-refractivity contribution < 1.29 is 22.7 Å². The molecule has 0 fully saturated rings. The van der Waals surface area contributed by atoms with Crippen molar-refractivity contribution in [2.24, 2.45) is 0 Å². The van der Waals surface area contributed by atoms with Crippen LogP contribution in [0.2, 0.25) is 0 Å². The van der Waals surface area contributed by atoms with Gasteiger partial charge in [0.2, 0.25) is 0 Å². The van der Waals surface area contributed by atoms with Gasteiger partial charge in [-0.1, -0.05) is 13.3 Å². The van der Waals surface area contributed by atoms with Gasteiger partial charge in [0, 0.05) is 12.2 Å². The van der Waals surface area contributed by atoms with Gasteiger partial charge in [-0.2, -0.15) is 0 Å². The Morgan fingerprint density at radius 2 is 1.76 bits per heavy atom. The number of nitrogens with one attached hydrogen (secondary N) is 2. The zero-order valence-electron chi connectivity index (χ0n) is 17.0. The monoisotopic (exact) mass is 420 g/mol. The molecule has 2 rings (SSSR count). The number of carbonyl (C=O) groups excluding carboxylic acids is 1. The first-order valence-electron chi connectivity index (χ1n) is 9.61. The standard InChI is InChI=1S/C21H28N2O5S/c1-4-6-13-22-21(24)15-28-20-12-11-19(14-16(20)3)29(25,26)23-17-7-9-18(10-8-17)27-5-2/h7-12,14,23H,4-6,13,15H2,1-3H3,(H,22,24). The molecule has 2 aromatic carbocycles. The fourth-order valence-corrected chi connectivity index (χ4v) is 3.69. The second kappa shape index (κ2) is 10.7. The summed E-state index contributed by atoms with van der Waals surface area (Å²) in [7, 11) is -3.75. The van der Waals surface area contributed by atoms with E-state index in [2.05, 4.69) is 10.0 Å². The summed E-state index contributed by atoms with van der Waals surface area (Å²) in [6, 6.07) is 11.2. The average Bonchev–Trinajstić information content (AvgIpc) is 2.68. The Bertz CT molecular complexity index is 911. The zero-order valence-corrected chi connectivity index (χ0v) is 17.8. The number of unbranched alkanes of at least 4 members (excludes halogenated alkanes) is 1. The molecule has 0 bridgehead atoms. The van der Waals surface area contributed by atoms with E-state index in [-0.39, 0.29) is 17.4 Å². The van der Waals surface area contributed by atoms with Crippen molar-refractivity contribution in [1.29, 1.82) is 0 Å². The highest BCUT2D eigenvalue weighted by Crippen LogP contribution is 2.24. The molecule has 158 valence electrons. The highest BCUT2D eigenvalue weighted by Gasteiger charge is 2.16. The number of anilines is 1. The van der Waals surface area contributed by atoms with Crippen LogP contribution < -0.4 is 19.5 Å². The normalized spacial score (nSPS) is 11.0. The third kappa shape index (κ3) is 6.98. The smallest absolute Gasteiger partial charge is 0.261 e. The van der Waals surface area contributed by atoms with Crippen LogP contribution in [-0.4, -0.2) is 34.1 Å². The Morgan fingerprint density at radius 1 is 1.03 bits per heavy atom. The van der Waals surface area contributed by atoms with Crippen LogP contribution in [0.15, 0.2) is 47.4 Å². The van der Waals surface area contributed by atoms with E-state index in [1.54, 1.807) is 37.3 Å². The van der Waals surface area contributed by atoms with Gasteiger partial charge in [-0.05, 0) is 68.3 Å². The lowest BCUT2D eigenvalue weighted by Gasteiger charge is -2.12. The fourth-order valence-electron chi connectivity index (χ4n) is 2.55. The van der Waals surface area contributed by atoms with E-state index in [0.717, 1.165) is 12.8 Å². The number of benzene rings is 2. The van der Waals surface area contributed by atoms with Gasteiger partial charge in [-0.3, -0.25) is 9.52 Å². The van der Waals surface area contributed by atoms with Gasteiger partial charge in [-0.25, -0.2) is 8.42 Å². The van der Waals surface area contributed by atoms with Gasteiger partial charge in [-0.15, -0.1) is 0 Å². The van der Waals surface area contributed by atoms with Crippen LogP contribution in [0.25, 0.3) is 0 Å². The Labute approximate surface area is 172 Å². The lowest BCUT2D eigenvalue weighted by atomic mass is 10.2. The van der Waals surface area contributed by atoms with Gasteiger partial charge in [0.1, 0.15) is 11.5 Å². The van der Waals surface area contributed by atoms with E-state index in [0.29, 0.717) is 35.9 Å². The molecule has 8 heteroatoms. The third-order valence-corrected chi connectivity index (χ3v) is 5.46. The third-order valence-electron chi connectivity index (χ3n) is 4.09. The van der Waals surface area contributed by atoms with E-state index >= 15 is 0 Å².